The quantitative estimate of drug-likeness (QED) is 0.800. The van der Waals surface area contributed by atoms with E-state index >= 15 is 0 Å². The monoisotopic (exact) mass is 350 g/mol. The number of halogens is 1. The highest BCUT2D eigenvalue weighted by Gasteiger charge is 2.10. The smallest absolute Gasteiger partial charge is 0.159 e. The topological polar surface area (TPSA) is 47.7 Å². The maximum Gasteiger partial charge on any atom is 0.159 e. The van der Waals surface area contributed by atoms with Gasteiger partial charge in [0.2, 0.25) is 0 Å². The van der Waals surface area contributed by atoms with E-state index in [4.69, 9.17) is 14.0 Å². The average molecular weight is 351 g/mol. The van der Waals surface area contributed by atoms with Gasteiger partial charge in [0.1, 0.15) is 12.4 Å². The van der Waals surface area contributed by atoms with Gasteiger partial charge in [0.25, 0.3) is 0 Å². The Bertz CT molecular complexity index is 651. The molecule has 3 rings (SSSR count). The lowest BCUT2D eigenvalue weighted by atomic mass is 10.2. The van der Waals surface area contributed by atoms with Crippen molar-refractivity contribution in [2.45, 2.75) is 6.92 Å². The molecule has 2 heterocycles. The first-order valence-electron chi connectivity index (χ1n) is 7.94. The van der Waals surface area contributed by atoms with Gasteiger partial charge in [-0.15, -0.1) is 12.4 Å². The Labute approximate surface area is 148 Å². The predicted molar refractivity (Wildman–Crippen MR) is 96.6 cm³/mol. The summed E-state index contributed by atoms with van der Waals surface area (Å²) < 4.78 is 16.5. The second-order valence-electron chi connectivity index (χ2n) is 5.54. The van der Waals surface area contributed by atoms with Crippen LogP contribution in [0.15, 0.2) is 34.9 Å². The highest BCUT2D eigenvalue weighted by molar-refractivity contribution is 5.85. The van der Waals surface area contributed by atoms with Crippen molar-refractivity contribution in [3.63, 3.8) is 0 Å². The normalized spacial score (nSPS) is 15.4. The van der Waals surface area contributed by atoms with Gasteiger partial charge in [-0.2, -0.15) is 0 Å². The number of rotatable bonds is 6. The Hall–Kier alpha value is -1.82. The van der Waals surface area contributed by atoms with Crippen LogP contribution in [0.25, 0.3) is 12.2 Å². The molecule has 0 atom stereocenters. The second-order valence-corrected chi connectivity index (χ2v) is 5.54. The van der Waals surface area contributed by atoms with Gasteiger partial charge in [-0.25, -0.2) is 0 Å². The van der Waals surface area contributed by atoms with E-state index in [2.05, 4.69) is 10.1 Å². The minimum absolute atomic E-state index is 0. The summed E-state index contributed by atoms with van der Waals surface area (Å²) in [7, 11) is 0. The number of morpholine rings is 1. The fraction of sp³-hybridized carbons (Fsp3) is 0.389. The lowest BCUT2D eigenvalue weighted by molar-refractivity contribution is 0.0322. The summed E-state index contributed by atoms with van der Waals surface area (Å²) in [5.74, 6) is 1.62. The standard InChI is InChI=1S/C18H22N2O3.ClH/c1-15-14-17(23-19-15)7-6-16-4-2-3-5-18(16)22-13-10-20-8-11-21-12-9-20;/h2-7,14H,8-13H2,1H3;1H/b7-6+;. The minimum atomic E-state index is 0. The largest absolute Gasteiger partial charge is 0.492 e. The van der Waals surface area contributed by atoms with E-state index in [9.17, 15) is 0 Å². The zero-order chi connectivity index (χ0) is 15.9. The molecule has 0 amide bonds. The fourth-order valence-electron chi connectivity index (χ4n) is 2.49. The molecule has 0 spiro atoms. The van der Waals surface area contributed by atoms with Crippen molar-refractivity contribution in [1.29, 1.82) is 0 Å². The van der Waals surface area contributed by atoms with E-state index in [1.54, 1.807) is 0 Å². The van der Waals surface area contributed by atoms with E-state index in [0.717, 1.165) is 55.6 Å². The van der Waals surface area contributed by atoms with Crippen LogP contribution in [-0.4, -0.2) is 49.5 Å². The maximum absolute atomic E-state index is 5.95. The third-order valence-electron chi connectivity index (χ3n) is 3.76. The number of aryl methyl sites for hydroxylation is 1. The molecule has 1 aromatic heterocycles. The van der Waals surface area contributed by atoms with E-state index in [0.29, 0.717) is 6.61 Å². The van der Waals surface area contributed by atoms with Crippen LogP contribution >= 0.6 is 12.4 Å². The van der Waals surface area contributed by atoms with Crippen molar-refractivity contribution in [2.75, 3.05) is 39.5 Å². The number of nitrogens with zero attached hydrogens (tertiary/aromatic N) is 2. The van der Waals surface area contributed by atoms with Gasteiger partial charge in [-0.3, -0.25) is 4.90 Å². The van der Waals surface area contributed by atoms with Gasteiger partial charge in [0, 0.05) is 31.3 Å². The van der Waals surface area contributed by atoms with Crippen LogP contribution in [0.2, 0.25) is 0 Å². The van der Waals surface area contributed by atoms with Gasteiger partial charge in [-0.05, 0) is 25.1 Å². The summed E-state index contributed by atoms with van der Waals surface area (Å²) in [4.78, 5) is 2.36. The Morgan fingerprint density at radius 3 is 2.75 bits per heavy atom. The average Bonchev–Trinajstić information content (AvgIpc) is 3.00. The number of benzene rings is 1. The van der Waals surface area contributed by atoms with E-state index in [1.165, 1.54) is 0 Å². The molecule has 0 bridgehead atoms. The van der Waals surface area contributed by atoms with Crippen molar-refractivity contribution < 1.29 is 14.0 Å². The van der Waals surface area contributed by atoms with Gasteiger partial charge in [0.15, 0.2) is 5.76 Å². The van der Waals surface area contributed by atoms with E-state index in [-0.39, 0.29) is 12.4 Å². The molecule has 1 aliphatic heterocycles. The lowest BCUT2D eigenvalue weighted by Gasteiger charge is -2.26. The molecule has 1 aromatic carbocycles. The van der Waals surface area contributed by atoms with Crippen molar-refractivity contribution in [1.82, 2.24) is 10.1 Å². The molecule has 5 nitrogen and oxygen atoms in total. The van der Waals surface area contributed by atoms with Crippen molar-refractivity contribution >= 4 is 24.6 Å². The lowest BCUT2D eigenvalue weighted by Crippen LogP contribution is -2.38. The number of hydrogen-bond donors (Lipinski definition) is 0. The molecule has 0 N–H and O–H groups in total. The third-order valence-corrected chi connectivity index (χ3v) is 3.76. The van der Waals surface area contributed by atoms with Crippen molar-refractivity contribution in [3.8, 4) is 5.75 Å². The summed E-state index contributed by atoms with van der Waals surface area (Å²) in [6.45, 7) is 7.09. The Kier molecular flexibility index (Phi) is 7.31. The summed E-state index contributed by atoms with van der Waals surface area (Å²) in [5, 5.41) is 3.88. The predicted octanol–water partition coefficient (Wildman–Crippen LogP) is 3.29. The first kappa shape index (κ1) is 18.5. The van der Waals surface area contributed by atoms with Gasteiger partial charge >= 0.3 is 0 Å². The summed E-state index contributed by atoms with van der Waals surface area (Å²) in [6.07, 6.45) is 3.90. The fourth-order valence-corrected chi connectivity index (χ4v) is 2.49. The van der Waals surface area contributed by atoms with Crippen LogP contribution in [-0.2, 0) is 4.74 Å². The molecule has 130 valence electrons. The Morgan fingerprint density at radius 2 is 2.00 bits per heavy atom. The Balaban J connectivity index is 0.00000208. The molecule has 6 heteroatoms. The molecule has 1 saturated heterocycles. The molecule has 1 fully saturated rings. The molecule has 0 saturated carbocycles. The molecule has 2 aromatic rings. The summed E-state index contributed by atoms with van der Waals surface area (Å²) in [6, 6.07) is 9.91. The van der Waals surface area contributed by atoms with Crippen LogP contribution in [0.4, 0.5) is 0 Å². The highest BCUT2D eigenvalue weighted by atomic mass is 35.5. The molecular weight excluding hydrogens is 328 g/mol. The van der Waals surface area contributed by atoms with Crippen LogP contribution in [0.5, 0.6) is 5.75 Å². The van der Waals surface area contributed by atoms with Crippen molar-refractivity contribution in [2.24, 2.45) is 0 Å². The first-order valence-corrected chi connectivity index (χ1v) is 7.94. The first-order chi connectivity index (χ1) is 11.3. The molecule has 0 aliphatic carbocycles. The number of aromatic nitrogens is 1. The zero-order valence-corrected chi connectivity index (χ0v) is 14.6. The van der Waals surface area contributed by atoms with Crippen molar-refractivity contribution in [3.05, 3.63) is 47.3 Å². The number of hydrogen-bond acceptors (Lipinski definition) is 5. The highest BCUT2D eigenvalue weighted by Crippen LogP contribution is 2.21. The molecule has 0 unspecified atom stereocenters. The molecule has 0 radical (unpaired) electrons. The van der Waals surface area contributed by atoms with Crippen LogP contribution in [0.1, 0.15) is 17.0 Å². The van der Waals surface area contributed by atoms with Gasteiger partial charge < -0.3 is 14.0 Å². The van der Waals surface area contributed by atoms with Gasteiger partial charge in [0.05, 0.1) is 18.9 Å². The molecular formula is C18H23ClN2O3. The number of ether oxygens (including phenoxy) is 2. The molecule has 1 aliphatic rings. The third kappa shape index (κ3) is 5.37. The summed E-state index contributed by atoms with van der Waals surface area (Å²) >= 11 is 0. The maximum atomic E-state index is 5.95. The Morgan fingerprint density at radius 1 is 1.21 bits per heavy atom. The van der Waals surface area contributed by atoms with E-state index in [1.807, 2.05) is 49.4 Å². The SMILES string of the molecule is Cc1cc(/C=C/c2ccccc2OCCN2CCOCC2)on1.Cl. The summed E-state index contributed by atoms with van der Waals surface area (Å²) in [5.41, 5.74) is 1.91. The van der Waals surface area contributed by atoms with E-state index < -0.39 is 0 Å². The van der Waals surface area contributed by atoms with Crippen LogP contribution < -0.4 is 4.74 Å². The van der Waals surface area contributed by atoms with Crippen LogP contribution in [0, 0.1) is 6.92 Å². The minimum Gasteiger partial charge on any atom is -0.492 e. The molecule has 24 heavy (non-hydrogen) atoms. The van der Waals surface area contributed by atoms with Crippen LogP contribution in [0.3, 0.4) is 0 Å². The van der Waals surface area contributed by atoms with Gasteiger partial charge in [-0.1, -0.05) is 23.4 Å². The second kappa shape index (κ2) is 9.47. The number of para-hydroxylation sites is 1. The zero-order valence-electron chi connectivity index (χ0n) is 13.8.